The number of rotatable bonds is 14. The highest BCUT2D eigenvalue weighted by Crippen LogP contribution is 2.30. The molecule has 0 aromatic heterocycles. The van der Waals surface area contributed by atoms with Gasteiger partial charge in [-0.05, 0) is 103 Å². The fraction of sp³-hybridized carbons (Fsp3) is 0.741. The zero-order chi connectivity index (χ0) is 26.9. The molecule has 1 amide bonds. The van der Waals surface area contributed by atoms with E-state index in [0.717, 1.165) is 57.6 Å². The molecule has 2 atom stereocenters. The van der Waals surface area contributed by atoms with Gasteiger partial charge in [0.2, 0.25) is 15.9 Å². The van der Waals surface area contributed by atoms with Gasteiger partial charge in [-0.25, -0.2) is 8.42 Å². The van der Waals surface area contributed by atoms with E-state index >= 15 is 0 Å². The van der Waals surface area contributed by atoms with Crippen LogP contribution in [-0.2, 0) is 14.8 Å². The number of carbonyl (C=O) groups excluding carboxylic acids is 1. The molecule has 206 valence electrons. The zero-order valence-electron chi connectivity index (χ0n) is 23.5. The van der Waals surface area contributed by atoms with Crippen LogP contribution in [-0.4, -0.2) is 94.7 Å². The molecular formula is C27H48N4O4S. The summed E-state index contributed by atoms with van der Waals surface area (Å²) in [6.07, 6.45) is 6.42. The summed E-state index contributed by atoms with van der Waals surface area (Å²) < 4.78 is 31.5. The van der Waals surface area contributed by atoms with Crippen LogP contribution in [0.15, 0.2) is 12.1 Å². The minimum Gasteiger partial charge on any atom is -0.493 e. The SMILES string of the molecule is Cc1c(OCCCCN(C)C)ccc(C(C)N(C)CCCNC(=O)C2CCCCN2S(C)(=O)=O)c1C. The summed E-state index contributed by atoms with van der Waals surface area (Å²) in [6.45, 7) is 10.1. The first-order valence-corrected chi connectivity index (χ1v) is 15.1. The van der Waals surface area contributed by atoms with Gasteiger partial charge < -0.3 is 15.0 Å². The van der Waals surface area contributed by atoms with Crippen molar-refractivity contribution in [1.82, 2.24) is 19.4 Å². The smallest absolute Gasteiger partial charge is 0.238 e. The minimum absolute atomic E-state index is 0.181. The largest absolute Gasteiger partial charge is 0.493 e. The van der Waals surface area contributed by atoms with Gasteiger partial charge in [0.1, 0.15) is 11.8 Å². The lowest BCUT2D eigenvalue weighted by atomic mass is 9.96. The van der Waals surface area contributed by atoms with Crippen LogP contribution in [0, 0.1) is 13.8 Å². The van der Waals surface area contributed by atoms with Gasteiger partial charge in [-0.1, -0.05) is 12.5 Å². The zero-order valence-corrected chi connectivity index (χ0v) is 24.3. The van der Waals surface area contributed by atoms with E-state index < -0.39 is 16.1 Å². The van der Waals surface area contributed by atoms with Gasteiger partial charge in [-0.2, -0.15) is 4.31 Å². The highest BCUT2D eigenvalue weighted by molar-refractivity contribution is 7.88. The average Bonchev–Trinajstić information content (AvgIpc) is 2.82. The lowest BCUT2D eigenvalue weighted by Crippen LogP contribution is -2.51. The number of hydrogen-bond acceptors (Lipinski definition) is 6. The van der Waals surface area contributed by atoms with Gasteiger partial charge in [0.25, 0.3) is 0 Å². The highest BCUT2D eigenvalue weighted by atomic mass is 32.2. The van der Waals surface area contributed by atoms with E-state index in [0.29, 0.717) is 19.5 Å². The standard InChI is InChI=1S/C27H48N4O4S/c1-21-22(2)26(35-20-11-10-17-29(4)5)15-14-24(21)23(3)30(6)18-12-16-28-27(32)25-13-8-9-19-31(25)36(7,33)34/h14-15,23,25H,8-13,16-20H2,1-7H3,(H,28,32). The summed E-state index contributed by atoms with van der Waals surface area (Å²) >= 11 is 0. The summed E-state index contributed by atoms with van der Waals surface area (Å²) in [5, 5.41) is 2.96. The molecule has 1 aliphatic rings. The van der Waals surface area contributed by atoms with Crippen molar-refractivity contribution in [2.45, 2.75) is 71.4 Å². The lowest BCUT2D eigenvalue weighted by molar-refractivity contribution is -0.125. The molecule has 1 aromatic rings. The molecule has 1 saturated heterocycles. The van der Waals surface area contributed by atoms with Crippen LogP contribution in [0.5, 0.6) is 5.75 Å². The highest BCUT2D eigenvalue weighted by Gasteiger charge is 2.34. The number of hydrogen-bond donors (Lipinski definition) is 1. The molecule has 0 spiro atoms. The fourth-order valence-corrected chi connectivity index (χ4v) is 5.92. The number of carbonyl (C=O) groups is 1. The number of nitrogens with zero attached hydrogens (tertiary/aromatic N) is 3. The first-order valence-electron chi connectivity index (χ1n) is 13.3. The Morgan fingerprint density at radius 3 is 2.50 bits per heavy atom. The number of sulfonamides is 1. The summed E-state index contributed by atoms with van der Waals surface area (Å²) in [5.41, 5.74) is 3.73. The average molecular weight is 525 g/mol. The van der Waals surface area contributed by atoms with E-state index in [2.05, 4.69) is 69.2 Å². The van der Waals surface area contributed by atoms with Crippen molar-refractivity contribution >= 4 is 15.9 Å². The van der Waals surface area contributed by atoms with Crippen molar-refractivity contribution < 1.29 is 17.9 Å². The van der Waals surface area contributed by atoms with Crippen LogP contribution in [0.2, 0.25) is 0 Å². The Bertz CT molecular complexity index is 951. The number of benzene rings is 1. The van der Waals surface area contributed by atoms with Gasteiger partial charge in [0.05, 0.1) is 12.9 Å². The molecule has 0 aliphatic carbocycles. The number of amides is 1. The number of piperidine rings is 1. The first kappa shape index (κ1) is 30.5. The molecule has 9 heteroatoms. The fourth-order valence-electron chi connectivity index (χ4n) is 4.79. The lowest BCUT2D eigenvalue weighted by Gasteiger charge is -2.32. The van der Waals surface area contributed by atoms with Crippen LogP contribution in [0.4, 0.5) is 0 Å². The maximum absolute atomic E-state index is 12.7. The van der Waals surface area contributed by atoms with Crippen molar-refractivity contribution in [3.05, 3.63) is 28.8 Å². The molecule has 36 heavy (non-hydrogen) atoms. The maximum atomic E-state index is 12.7. The van der Waals surface area contributed by atoms with E-state index in [4.69, 9.17) is 4.74 Å². The second-order valence-corrected chi connectivity index (χ2v) is 12.4. The molecule has 8 nitrogen and oxygen atoms in total. The van der Waals surface area contributed by atoms with E-state index in [1.165, 1.54) is 27.3 Å². The molecule has 1 aliphatic heterocycles. The monoisotopic (exact) mass is 524 g/mol. The quantitative estimate of drug-likeness (QED) is 0.376. The summed E-state index contributed by atoms with van der Waals surface area (Å²) in [4.78, 5) is 17.2. The number of ether oxygens (including phenoxy) is 1. The van der Waals surface area contributed by atoms with Crippen LogP contribution >= 0.6 is 0 Å². The third kappa shape index (κ3) is 9.01. The Morgan fingerprint density at radius 1 is 1.11 bits per heavy atom. The van der Waals surface area contributed by atoms with E-state index in [9.17, 15) is 13.2 Å². The Morgan fingerprint density at radius 2 is 1.83 bits per heavy atom. The third-order valence-electron chi connectivity index (χ3n) is 7.32. The molecule has 1 aromatic carbocycles. The van der Waals surface area contributed by atoms with Crippen molar-refractivity contribution in [3.63, 3.8) is 0 Å². The molecule has 1 heterocycles. The van der Waals surface area contributed by atoms with Gasteiger partial charge in [-0.3, -0.25) is 9.69 Å². The maximum Gasteiger partial charge on any atom is 0.238 e. The predicted octanol–water partition coefficient (Wildman–Crippen LogP) is 3.34. The van der Waals surface area contributed by atoms with Gasteiger partial charge >= 0.3 is 0 Å². The van der Waals surface area contributed by atoms with Crippen molar-refractivity contribution in [1.29, 1.82) is 0 Å². The summed E-state index contributed by atoms with van der Waals surface area (Å²) in [7, 11) is 2.91. The molecule has 2 rings (SSSR count). The van der Waals surface area contributed by atoms with E-state index in [-0.39, 0.29) is 11.9 Å². The van der Waals surface area contributed by atoms with Crippen LogP contribution in [0.25, 0.3) is 0 Å². The summed E-state index contributed by atoms with van der Waals surface area (Å²) in [6, 6.07) is 3.91. The predicted molar refractivity (Wildman–Crippen MR) is 147 cm³/mol. The molecule has 0 saturated carbocycles. The Labute approximate surface area is 219 Å². The van der Waals surface area contributed by atoms with Crippen LogP contribution in [0.3, 0.4) is 0 Å². The minimum atomic E-state index is -3.37. The first-order chi connectivity index (χ1) is 16.9. The van der Waals surface area contributed by atoms with Crippen molar-refractivity contribution in [2.75, 3.05) is 60.2 Å². The third-order valence-corrected chi connectivity index (χ3v) is 8.61. The van der Waals surface area contributed by atoms with E-state index in [1.54, 1.807) is 0 Å². The molecule has 2 unspecified atom stereocenters. The van der Waals surface area contributed by atoms with Crippen molar-refractivity contribution in [2.24, 2.45) is 0 Å². The van der Waals surface area contributed by atoms with Gasteiger partial charge in [0.15, 0.2) is 0 Å². The molecule has 1 fully saturated rings. The second kappa shape index (κ2) is 14.3. The van der Waals surface area contributed by atoms with Gasteiger partial charge in [-0.15, -0.1) is 0 Å². The molecule has 1 N–H and O–H groups in total. The Kier molecular flexibility index (Phi) is 12.1. The van der Waals surface area contributed by atoms with Crippen LogP contribution in [0.1, 0.15) is 68.2 Å². The van der Waals surface area contributed by atoms with Crippen molar-refractivity contribution in [3.8, 4) is 5.75 Å². The molecule has 0 bridgehead atoms. The molecule has 0 radical (unpaired) electrons. The number of nitrogens with one attached hydrogen (secondary N) is 1. The number of unbranched alkanes of at least 4 members (excludes halogenated alkanes) is 1. The Balaban J connectivity index is 1.83. The van der Waals surface area contributed by atoms with Crippen LogP contribution < -0.4 is 10.1 Å². The summed E-state index contributed by atoms with van der Waals surface area (Å²) in [5.74, 6) is 0.782. The Hall–Kier alpha value is -1.68. The molecular weight excluding hydrogens is 476 g/mol. The topological polar surface area (TPSA) is 82.2 Å². The van der Waals surface area contributed by atoms with E-state index in [1.807, 2.05) is 0 Å². The second-order valence-electron chi connectivity index (χ2n) is 10.4. The normalized spacial score (nSPS) is 18.0. The van der Waals surface area contributed by atoms with Gasteiger partial charge in [0, 0.05) is 25.7 Å².